The van der Waals surface area contributed by atoms with Gasteiger partial charge in [0.2, 0.25) is 0 Å². The van der Waals surface area contributed by atoms with Crippen molar-refractivity contribution in [1.29, 1.82) is 0 Å². The van der Waals surface area contributed by atoms with E-state index in [1.807, 2.05) is 11.8 Å². The van der Waals surface area contributed by atoms with Crippen molar-refractivity contribution < 1.29 is 31.9 Å². The van der Waals surface area contributed by atoms with Gasteiger partial charge in [-0.25, -0.2) is 9.18 Å². The molecule has 7 nitrogen and oxygen atoms in total. The molecule has 2 atom stereocenters. The zero-order valence-electron chi connectivity index (χ0n) is 23.2. The molecular weight excluding hydrogens is 552 g/mol. The van der Waals surface area contributed by atoms with Crippen molar-refractivity contribution in [2.24, 2.45) is 5.92 Å². The van der Waals surface area contributed by atoms with Crippen molar-refractivity contribution in [3.05, 3.63) is 52.6 Å². The summed E-state index contributed by atoms with van der Waals surface area (Å²) in [6.07, 6.45) is -2.83. The van der Waals surface area contributed by atoms with Crippen molar-refractivity contribution in [2.45, 2.75) is 84.8 Å². The minimum Gasteiger partial charge on any atom is -0.444 e. The molecule has 0 fully saturated rings. The van der Waals surface area contributed by atoms with Gasteiger partial charge in [-0.2, -0.15) is 13.2 Å². The summed E-state index contributed by atoms with van der Waals surface area (Å²) in [7, 11) is 0. The van der Waals surface area contributed by atoms with Crippen LogP contribution in [-0.2, 0) is 22.6 Å². The second-order valence-corrected chi connectivity index (χ2v) is 11.5. The zero-order chi connectivity index (χ0) is 29.8. The number of nitrogens with one attached hydrogen (secondary N) is 1. The summed E-state index contributed by atoms with van der Waals surface area (Å²) >= 11 is 6.45. The molecule has 2 aromatic rings. The number of rotatable bonds is 7. The largest absolute Gasteiger partial charge is 0.471 e. The lowest BCUT2D eigenvalue weighted by molar-refractivity contribution is -0.186. The molecular formula is C28H35ClF4N4O3. The highest BCUT2D eigenvalue weighted by Gasteiger charge is 2.44. The monoisotopic (exact) mass is 586 g/mol. The smallest absolute Gasteiger partial charge is 0.444 e. The van der Waals surface area contributed by atoms with Crippen LogP contribution in [0.4, 0.5) is 33.7 Å². The van der Waals surface area contributed by atoms with E-state index in [0.29, 0.717) is 35.7 Å². The Kier molecular flexibility index (Phi) is 9.92. The van der Waals surface area contributed by atoms with Crippen LogP contribution in [-0.4, -0.2) is 46.2 Å². The molecule has 1 aliphatic rings. The predicted octanol–water partition coefficient (Wildman–Crippen LogP) is 7.33. The van der Waals surface area contributed by atoms with E-state index in [0.717, 1.165) is 17.5 Å². The summed E-state index contributed by atoms with van der Waals surface area (Å²) in [6.45, 7) is 8.68. The molecule has 12 heteroatoms. The third-order valence-corrected chi connectivity index (χ3v) is 7.08. The first-order chi connectivity index (χ1) is 18.6. The third kappa shape index (κ3) is 8.22. The minimum absolute atomic E-state index is 0.0653. The lowest BCUT2D eigenvalue weighted by atomic mass is 9.98. The van der Waals surface area contributed by atoms with Gasteiger partial charge in [0.05, 0.1) is 24.1 Å². The summed E-state index contributed by atoms with van der Waals surface area (Å²) in [5.74, 6) is -2.40. The fourth-order valence-corrected chi connectivity index (χ4v) is 4.74. The van der Waals surface area contributed by atoms with E-state index in [1.165, 1.54) is 6.07 Å². The van der Waals surface area contributed by atoms with Crippen LogP contribution >= 0.6 is 11.6 Å². The predicted molar refractivity (Wildman–Crippen MR) is 146 cm³/mol. The summed E-state index contributed by atoms with van der Waals surface area (Å²) in [5, 5.41) is 2.62. The van der Waals surface area contributed by atoms with Gasteiger partial charge >= 0.3 is 18.2 Å². The third-order valence-electron chi connectivity index (χ3n) is 6.72. The number of benzene rings is 1. The second kappa shape index (κ2) is 12.6. The lowest BCUT2D eigenvalue weighted by Gasteiger charge is -2.35. The number of carbonyl (C=O) groups excluding carboxylic acids is 2. The highest BCUT2D eigenvalue weighted by atomic mass is 35.5. The number of aromatic nitrogens is 1. The van der Waals surface area contributed by atoms with Gasteiger partial charge in [0.15, 0.2) is 5.82 Å². The molecule has 40 heavy (non-hydrogen) atoms. The van der Waals surface area contributed by atoms with Crippen LogP contribution < -0.4 is 10.2 Å². The van der Waals surface area contributed by atoms with Gasteiger partial charge in [-0.1, -0.05) is 37.9 Å². The maximum absolute atomic E-state index is 14.6. The molecule has 2 unspecified atom stereocenters. The molecule has 0 bridgehead atoms. The highest BCUT2D eigenvalue weighted by molar-refractivity contribution is 6.31. The Bertz CT molecular complexity index is 1220. The van der Waals surface area contributed by atoms with E-state index < -0.39 is 35.6 Å². The molecule has 2 heterocycles. The zero-order valence-corrected chi connectivity index (χ0v) is 24.0. The Hall–Kier alpha value is -3.08. The number of ether oxygens (including phenoxy) is 1. The normalized spacial score (nSPS) is 16.7. The average molecular weight is 587 g/mol. The van der Waals surface area contributed by atoms with Crippen LogP contribution in [0.5, 0.6) is 0 Å². The lowest BCUT2D eigenvalue weighted by Crippen LogP contribution is -2.47. The van der Waals surface area contributed by atoms with Crippen molar-refractivity contribution in [2.75, 3.05) is 16.8 Å². The Morgan fingerprint density at radius 2 is 1.95 bits per heavy atom. The highest BCUT2D eigenvalue weighted by Crippen LogP contribution is 2.37. The van der Waals surface area contributed by atoms with E-state index in [1.54, 1.807) is 39.0 Å². The number of alkyl halides is 3. The molecule has 1 aliphatic heterocycles. The standard InChI is InChI=1S/C28H35ClF4N4O3/c1-6-17(2)10-11-19-15-36(25(38)28(31,32)33)16-20-21(29)8-7-9-24(20)37(19)14-18-12-23(22(30)13-34-18)35-26(39)40-27(3,4)5/h7-9,12-13,17,19H,6,10-11,14-16H2,1-5H3,(H,34,35,39). The number of hydrogen-bond acceptors (Lipinski definition) is 5. The molecule has 0 spiro atoms. The van der Waals surface area contributed by atoms with Crippen LogP contribution in [0.25, 0.3) is 0 Å². The first-order valence-corrected chi connectivity index (χ1v) is 13.5. The van der Waals surface area contributed by atoms with Crippen molar-refractivity contribution in [1.82, 2.24) is 9.88 Å². The number of halogens is 5. The maximum atomic E-state index is 14.6. The quantitative estimate of drug-likeness (QED) is 0.344. The molecule has 1 aromatic carbocycles. The van der Waals surface area contributed by atoms with Gasteiger partial charge in [-0.05, 0) is 57.7 Å². The van der Waals surface area contributed by atoms with Gasteiger partial charge in [-0.15, -0.1) is 0 Å². The fourth-order valence-electron chi connectivity index (χ4n) is 4.51. The Morgan fingerprint density at radius 3 is 2.58 bits per heavy atom. The van der Waals surface area contributed by atoms with E-state index >= 15 is 0 Å². The minimum atomic E-state index is -5.04. The Balaban J connectivity index is 2.02. The van der Waals surface area contributed by atoms with E-state index in [2.05, 4.69) is 17.2 Å². The molecule has 1 aromatic heterocycles. The first-order valence-electron chi connectivity index (χ1n) is 13.1. The number of fused-ring (bicyclic) bond motifs is 1. The molecule has 0 radical (unpaired) electrons. The van der Waals surface area contributed by atoms with Crippen LogP contribution in [0.3, 0.4) is 0 Å². The topological polar surface area (TPSA) is 74.8 Å². The first kappa shape index (κ1) is 31.4. The summed E-state index contributed by atoms with van der Waals surface area (Å²) in [4.78, 5) is 31.5. The van der Waals surface area contributed by atoms with Gasteiger partial charge in [0, 0.05) is 35.4 Å². The van der Waals surface area contributed by atoms with Crippen LogP contribution in [0, 0.1) is 11.7 Å². The Morgan fingerprint density at radius 1 is 1.25 bits per heavy atom. The average Bonchev–Trinajstić information content (AvgIpc) is 3.00. The number of carbonyl (C=O) groups is 2. The van der Waals surface area contributed by atoms with Crippen molar-refractivity contribution >= 4 is 35.0 Å². The molecule has 220 valence electrons. The molecule has 2 amide bonds. The molecule has 0 saturated carbocycles. The summed E-state index contributed by atoms with van der Waals surface area (Å²) in [6, 6.07) is 5.83. The van der Waals surface area contributed by atoms with Crippen LogP contribution in [0.15, 0.2) is 30.5 Å². The fraction of sp³-hybridized carbons (Fsp3) is 0.536. The van der Waals surface area contributed by atoms with Gasteiger partial charge in [-0.3, -0.25) is 15.1 Å². The molecule has 3 rings (SSSR count). The summed E-state index contributed by atoms with van der Waals surface area (Å²) < 4.78 is 60.4. The Labute approximate surface area is 236 Å². The van der Waals surface area contributed by atoms with Gasteiger partial charge in [0.1, 0.15) is 5.60 Å². The molecule has 1 N–H and O–H groups in total. The maximum Gasteiger partial charge on any atom is 0.471 e. The van der Waals surface area contributed by atoms with E-state index in [9.17, 15) is 27.2 Å². The molecule has 0 aliphatic carbocycles. The number of nitrogens with zero attached hydrogens (tertiary/aromatic N) is 3. The number of amides is 2. The van der Waals surface area contributed by atoms with Gasteiger partial charge in [0.25, 0.3) is 0 Å². The van der Waals surface area contributed by atoms with Crippen molar-refractivity contribution in [3.8, 4) is 0 Å². The SMILES string of the molecule is CCC(C)CCC1CN(C(=O)C(F)(F)F)Cc2c(Cl)cccc2N1Cc1cc(NC(=O)OC(C)(C)C)c(F)cn1. The van der Waals surface area contributed by atoms with Crippen molar-refractivity contribution in [3.63, 3.8) is 0 Å². The summed E-state index contributed by atoms with van der Waals surface area (Å²) in [5.41, 5.74) is 0.343. The van der Waals surface area contributed by atoms with E-state index in [4.69, 9.17) is 16.3 Å². The second-order valence-electron chi connectivity index (χ2n) is 11.1. The molecule has 0 saturated heterocycles. The van der Waals surface area contributed by atoms with E-state index in [-0.39, 0.29) is 30.3 Å². The van der Waals surface area contributed by atoms with Crippen LogP contribution in [0.1, 0.15) is 65.1 Å². The number of hydrogen-bond donors (Lipinski definition) is 1. The number of anilines is 2. The van der Waals surface area contributed by atoms with Gasteiger partial charge < -0.3 is 14.5 Å². The van der Waals surface area contributed by atoms with Crippen LogP contribution in [0.2, 0.25) is 5.02 Å². The number of pyridine rings is 1.